The number of alkyl halides is 3. The van der Waals surface area contributed by atoms with Crippen molar-refractivity contribution in [1.29, 1.82) is 0 Å². The standard InChI is InChI=1S/C33H32F3N3O3/c1-3-17-32(2,31(41)42)29-28(23-9-12-25(13-10-23)33(34,35)36)37-26-14-11-24(20-27(26)38-29)30(40)39-18-15-22(16-19-39)21-7-5-4-6-8-21/h4-14,20,22H,3,15-19H2,1-2H3,(H,41,42). The Kier molecular flexibility index (Phi) is 8.03. The van der Waals surface area contributed by atoms with E-state index in [9.17, 15) is 27.9 Å². The first-order valence-corrected chi connectivity index (χ1v) is 14.1. The molecule has 6 nitrogen and oxygen atoms in total. The third-order valence-corrected chi connectivity index (χ3v) is 8.19. The van der Waals surface area contributed by atoms with Crippen LogP contribution in [0.2, 0.25) is 0 Å². The minimum absolute atomic E-state index is 0.131. The second-order valence-electron chi connectivity index (χ2n) is 11.1. The van der Waals surface area contributed by atoms with Gasteiger partial charge in [0, 0.05) is 24.2 Å². The Labute approximate surface area is 242 Å². The van der Waals surface area contributed by atoms with Gasteiger partial charge in [-0.1, -0.05) is 55.8 Å². The van der Waals surface area contributed by atoms with Gasteiger partial charge in [0.25, 0.3) is 5.91 Å². The Morgan fingerprint density at radius 1 is 0.929 bits per heavy atom. The van der Waals surface area contributed by atoms with Gasteiger partial charge in [-0.05, 0) is 68.0 Å². The number of likely N-dealkylation sites (tertiary alicyclic amines) is 1. The van der Waals surface area contributed by atoms with Crippen LogP contribution in [-0.4, -0.2) is 44.9 Å². The lowest BCUT2D eigenvalue weighted by atomic mass is 9.80. The van der Waals surface area contributed by atoms with Gasteiger partial charge in [-0.25, -0.2) is 9.97 Å². The van der Waals surface area contributed by atoms with E-state index in [2.05, 4.69) is 12.1 Å². The number of fused-ring (bicyclic) bond motifs is 1. The van der Waals surface area contributed by atoms with Crippen molar-refractivity contribution < 1.29 is 27.9 Å². The zero-order valence-corrected chi connectivity index (χ0v) is 23.5. The highest BCUT2D eigenvalue weighted by molar-refractivity contribution is 5.98. The van der Waals surface area contributed by atoms with Crippen molar-refractivity contribution in [2.75, 3.05) is 13.1 Å². The van der Waals surface area contributed by atoms with E-state index >= 15 is 0 Å². The molecule has 1 N–H and O–H groups in total. The summed E-state index contributed by atoms with van der Waals surface area (Å²) >= 11 is 0. The molecule has 1 fully saturated rings. The lowest BCUT2D eigenvalue weighted by molar-refractivity contribution is -0.143. The molecule has 2 heterocycles. The van der Waals surface area contributed by atoms with Gasteiger partial charge in [-0.3, -0.25) is 9.59 Å². The first kappa shape index (κ1) is 29.2. The number of amides is 1. The number of piperidine rings is 1. The summed E-state index contributed by atoms with van der Waals surface area (Å²) in [6.07, 6.45) is -2.01. The Morgan fingerprint density at radius 2 is 1.60 bits per heavy atom. The van der Waals surface area contributed by atoms with E-state index in [0.29, 0.717) is 47.6 Å². The third-order valence-electron chi connectivity index (χ3n) is 8.19. The maximum absolute atomic E-state index is 13.5. The van der Waals surface area contributed by atoms with Gasteiger partial charge in [-0.2, -0.15) is 13.2 Å². The summed E-state index contributed by atoms with van der Waals surface area (Å²) in [6.45, 7) is 4.64. The molecule has 1 saturated heterocycles. The Hall–Kier alpha value is -4.27. The molecule has 0 bridgehead atoms. The molecule has 1 unspecified atom stereocenters. The summed E-state index contributed by atoms with van der Waals surface area (Å²) in [5, 5.41) is 10.3. The lowest BCUT2D eigenvalue weighted by Gasteiger charge is -2.32. The predicted octanol–water partition coefficient (Wildman–Crippen LogP) is 7.48. The second-order valence-corrected chi connectivity index (χ2v) is 11.1. The number of carboxylic acid groups (broad SMARTS) is 1. The number of hydrogen-bond donors (Lipinski definition) is 1. The fourth-order valence-electron chi connectivity index (χ4n) is 5.74. The SMILES string of the molecule is CCCC(C)(C(=O)O)c1nc2cc(C(=O)N3CCC(c4ccccc4)CC3)ccc2nc1-c1ccc(C(F)(F)F)cc1. The van der Waals surface area contributed by atoms with Crippen LogP contribution in [0.4, 0.5) is 13.2 Å². The largest absolute Gasteiger partial charge is 0.481 e. The number of carbonyl (C=O) groups is 2. The van der Waals surface area contributed by atoms with Crippen LogP contribution in [0.1, 0.15) is 72.6 Å². The van der Waals surface area contributed by atoms with Crippen molar-refractivity contribution in [2.45, 2.75) is 57.0 Å². The quantitative estimate of drug-likeness (QED) is 0.247. The van der Waals surface area contributed by atoms with Crippen LogP contribution < -0.4 is 0 Å². The molecule has 42 heavy (non-hydrogen) atoms. The lowest BCUT2D eigenvalue weighted by Crippen LogP contribution is -2.38. The van der Waals surface area contributed by atoms with E-state index in [4.69, 9.17) is 9.97 Å². The van der Waals surface area contributed by atoms with Crippen molar-refractivity contribution in [3.63, 3.8) is 0 Å². The van der Waals surface area contributed by atoms with Crippen LogP contribution in [0.25, 0.3) is 22.3 Å². The number of aliphatic carboxylic acids is 1. The Morgan fingerprint density at radius 3 is 2.19 bits per heavy atom. The molecule has 1 aromatic heterocycles. The molecule has 0 radical (unpaired) electrons. The third kappa shape index (κ3) is 5.73. The first-order chi connectivity index (χ1) is 20.0. The number of benzene rings is 3. The zero-order valence-electron chi connectivity index (χ0n) is 23.5. The molecule has 218 valence electrons. The summed E-state index contributed by atoms with van der Waals surface area (Å²) < 4.78 is 39.6. The van der Waals surface area contributed by atoms with Crippen molar-refractivity contribution in [2.24, 2.45) is 0 Å². The molecule has 1 atom stereocenters. The van der Waals surface area contributed by atoms with Crippen LogP contribution in [0.15, 0.2) is 72.8 Å². The normalized spacial score (nSPS) is 15.9. The number of halogens is 3. The average molecular weight is 576 g/mol. The molecule has 1 amide bonds. The van der Waals surface area contributed by atoms with Crippen molar-refractivity contribution in [3.05, 3.63) is 95.2 Å². The van der Waals surface area contributed by atoms with Crippen LogP contribution in [0.5, 0.6) is 0 Å². The predicted molar refractivity (Wildman–Crippen MR) is 154 cm³/mol. The van der Waals surface area contributed by atoms with E-state index in [-0.39, 0.29) is 23.7 Å². The minimum Gasteiger partial charge on any atom is -0.481 e. The average Bonchev–Trinajstić information content (AvgIpc) is 3.00. The van der Waals surface area contributed by atoms with Crippen molar-refractivity contribution >= 4 is 22.9 Å². The Balaban J connectivity index is 1.51. The fraction of sp³-hybridized carbons (Fsp3) is 0.333. The highest BCUT2D eigenvalue weighted by atomic mass is 19.4. The molecular formula is C33H32F3N3O3. The zero-order chi connectivity index (χ0) is 30.1. The molecule has 0 saturated carbocycles. The topological polar surface area (TPSA) is 83.4 Å². The second kappa shape index (κ2) is 11.5. The van der Waals surface area contributed by atoms with Gasteiger partial charge >= 0.3 is 12.1 Å². The van der Waals surface area contributed by atoms with E-state index in [0.717, 1.165) is 25.0 Å². The number of carboxylic acids is 1. The van der Waals surface area contributed by atoms with Crippen molar-refractivity contribution in [3.8, 4) is 11.3 Å². The Bertz CT molecular complexity index is 1600. The molecule has 0 spiro atoms. The van der Waals surface area contributed by atoms with Gasteiger partial charge in [0.05, 0.1) is 28.0 Å². The van der Waals surface area contributed by atoms with Gasteiger partial charge in [0.2, 0.25) is 0 Å². The summed E-state index contributed by atoms with van der Waals surface area (Å²) in [7, 11) is 0. The highest BCUT2D eigenvalue weighted by Crippen LogP contribution is 2.38. The van der Waals surface area contributed by atoms with Gasteiger partial charge in [-0.15, -0.1) is 0 Å². The molecule has 3 aromatic carbocycles. The fourth-order valence-corrected chi connectivity index (χ4v) is 5.74. The maximum Gasteiger partial charge on any atom is 0.416 e. The summed E-state index contributed by atoms with van der Waals surface area (Å²) in [5.74, 6) is -0.844. The number of aromatic nitrogens is 2. The minimum atomic E-state index is -4.51. The molecule has 5 rings (SSSR count). The monoisotopic (exact) mass is 575 g/mol. The first-order valence-electron chi connectivity index (χ1n) is 14.1. The smallest absolute Gasteiger partial charge is 0.416 e. The molecule has 1 aliphatic heterocycles. The summed E-state index contributed by atoms with van der Waals surface area (Å²) in [4.78, 5) is 37.3. The highest BCUT2D eigenvalue weighted by Gasteiger charge is 2.39. The van der Waals surface area contributed by atoms with Gasteiger partial charge in [0.1, 0.15) is 5.41 Å². The van der Waals surface area contributed by atoms with Crippen LogP contribution in [0, 0.1) is 0 Å². The number of carbonyl (C=O) groups excluding carboxylic acids is 1. The maximum atomic E-state index is 13.5. The molecule has 1 aliphatic rings. The van der Waals surface area contributed by atoms with Gasteiger partial charge < -0.3 is 10.0 Å². The van der Waals surface area contributed by atoms with E-state index in [1.807, 2.05) is 30.0 Å². The number of rotatable bonds is 7. The van der Waals surface area contributed by atoms with Crippen LogP contribution in [0.3, 0.4) is 0 Å². The molecule has 0 aliphatic carbocycles. The van der Waals surface area contributed by atoms with Gasteiger partial charge in [0.15, 0.2) is 0 Å². The van der Waals surface area contributed by atoms with Crippen LogP contribution >= 0.6 is 0 Å². The molecule has 9 heteroatoms. The van der Waals surface area contributed by atoms with E-state index < -0.39 is 23.1 Å². The number of nitrogens with zero attached hydrogens (tertiary/aromatic N) is 3. The summed E-state index contributed by atoms with van der Waals surface area (Å²) in [5.41, 5.74) is 0.893. The molecule has 4 aromatic rings. The summed E-state index contributed by atoms with van der Waals surface area (Å²) in [6, 6.07) is 19.7. The number of hydrogen-bond acceptors (Lipinski definition) is 4. The van der Waals surface area contributed by atoms with Crippen molar-refractivity contribution in [1.82, 2.24) is 14.9 Å². The van der Waals surface area contributed by atoms with Crippen LogP contribution in [-0.2, 0) is 16.4 Å². The van der Waals surface area contributed by atoms with E-state index in [1.165, 1.54) is 17.7 Å². The van der Waals surface area contributed by atoms with E-state index in [1.54, 1.807) is 25.1 Å². The molecular weight excluding hydrogens is 543 g/mol.